The first kappa shape index (κ1) is 23.0. The van der Waals surface area contributed by atoms with Gasteiger partial charge in [0.25, 0.3) is 5.91 Å². The molecule has 0 spiro atoms. The van der Waals surface area contributed by atoms with Crippen LogP contribution in [0.1, 0.15) is 23.6 Å². The molecule has 6 nitrogen and oxygen atoms in total. The lowest BCUT2D eigenvalue weighted by Crippen LogP contribution is -3.28. The largest absolute Gasteiger partial charge is 0.496 e. The molecule has 166 valence electrons. The van der Waals surface area contributed by atoms with Crippen LogP contribution in [0, 0.1) is 6.92 Å². The number of rotatable bonds is 9. The molecular weight excluding hydrogens is 390 g/mol. The number of quaternary nitrogens is 2. The van der Waals surface area contributed by atoms with Crippen LogP contribution < -0.4 is 19.9 Å². The van der Waals surface area contributed by atoms with Crippen LogP contribution in [0.25, 0.3) is 0 Å². The molecule has 0 radical (unpaired) electrons. The summed E-state index contributed by atoms with van der Waals surface area (Å²) in [6.45, 7) is 8.92. The second-order valence-electron chi connectivity index (χ2n) is 8.59. The summed E-state index contributed by atoms with van der Waals surface area (Å²) in [5.74, 6) is 0.893. The molecule has 0 saturated carbocycles. The number of benzene rings is 2. The summed E-state index contributed by atoms with van der Waals surface area (Å²) in [7, 11) is 1.72. The average Bonchev–Trinajstić information content (AvgIpc) is 2.75. The van der Waals surface area contributed by atoms with Crippen molar-refractivity contribution in [2.24, 2.45) is 0 Å². The molecule has 3 rings (SSSR count). The Labute approximate surface area is 185 Å². The van der Waals surface area contributed by atoms with Crippen molar-refractivity contribution in [1.29, 1.82) is 0 Å². The number of carbonyl (C=O) groups is 2. The van der Waals surface area contributed by atoms with Gasteiger partial charge in [-0.2, -0.15) is 0 Å². The van der Waals surface area contributed by atoms with Crippen molar-refractivity contribution in [3.8, 4) is 5.75 Å². The van der Waals surface area contributed by atoms with E-state index in [9.17, 15) is 9.59 Å². The topological polar surface area (TPSA) is 64.3 Å². The molecule has 1 aliphatic rings. The summed E-state index contributed by atoms with van der Waals surface area (Å²) in [6, 6.07) is 15.7. The second kappa shape index (κ2) is 11.1. The fourth-order valence-electron chi connectivity index (χ4n) is 4.24. The zero-order valence-electron chi connectivity index (χ0n) is 18.9. The van der Waals surface area contributed by atoms with Crippen molar-refractivity contribution in [3.63, 3.8) is 0 Å². The summed E-state index contributed by atoms with van der Waals surface area (Å²) in [5, 5.41) is 2.95. The van der Waals surface area contributed by atoms with Crippen LogP contribution in [0.15, 0.2) is 48.5 Å². The highest BCUT2D eigenvalue weighted by Crippen LogP contribution is 2.18. The van der Waals surface area contributed by atoms with Gasteiger partial charge in [-0.25, -0.2) is 0 Å². The van der Waals surface area contributed by atoms with Crippen LogP contribution in [0.4, 0.5) is 0 Å². The third-order valence-corrected chi connectivity index (χ3v) is 6.06. The number of nitrogens with one attached hydrogen (secondary N) is 3. The summed E-state index contributed by atoms with van der Waals surface area (Å²) in [4.78, 5) is 27.4. The van der Waals surface area contributed by atoms with Gasteiger partial charge in [0.1, 0.15) is 38.5 Å². The maximum Gasteiger partial charge on any atom is 0.275 e. The molecule has 0 aliphatic carbocycles. The average molecular weight is 426 g/mol. The fraction of sp³-hybridized carbons (Fsp3) is 0.440. The Balaban J connectivity index is 1.47. The van der Waals surface area contributed by atoms with E-state index in [1.807, 2.05) is 36.4 Å². The molecular formula is C25H35N3O3+2. The summed E-state index contributed by atoms with van der Waals surface area (Å²) >= 11 is 0. The number of hydrogen-bond acceptors (Lipinski definition) is 3. The van der Waals surface area contributed by atoms with E-state index in [2.05, 4.69) is 24.4 Å². The van der Waals surface area contributed by atoms with Crippen LogP contribution in [0.5, 0.6) is 5.75 Å². The molecule has 2 aromatic carbocycles. The Kier molecular flexibility index (Phi) is 8.20. The first-order valence-electron chi connectivity index (χ1n) is 11.1. The van der Waals surface area contributed by atoms with Gasteiger partial charge in [0.2, 0.25) is 0 Å². The number of ether oxygens (including phenoxy) is 1. The van der Waals surface area contributed by atoms with Gasteiger partial charge in [0, 0.05) is 5.56 Å². The number of aryl methyl sites for hydroxylation is 1. The van der Waals surface area contributed by atoms with E-state index in [-0.39, 0.29) is 11.7 Å². The van der Waals surface area contributed by atoms with Crippen LogP contribution in [0.2, 0.25) is 0 Å². The number of ketones is 1. The van der Waals surface area contributed by atoms with E-state index in [0.29, 0.717) is 13.0 Å². The minimum atomic E-state index is -0.463. The van der Waals surface area contributed by atoms with E-state index in [4.69, 9.17) is 4.74 Å². The highest BCUT2D eigenvalue weighted by molar-refractivity contribution is 5.88. The van der Waals surface area contributed by atoms with Gasteiger partial charge < -0.3 is 19.9 Å². The van der Waals surface area contributed by atoms with E-state index in [0.717, 1.165) is 44.0 Å². The molecule has 1 amide bonds. The zero-order chi connectivity index (χ0) is 22.2. The molecule has 1 aliphatic heterocycles. The molecule has 1 saturated heterocycles. The number of methoxy groups -OCH3 is 1. The molecule has 31 heavy (non-hydrogen) atoms. The Hall–Kier alpha value is -2.70. The van der Waals surface area contributed by atoms with Gasteiger partial charge in [-0.05, 0) is 38.0 Å². The van der Waals surface area contributed by atoms with Crippen LogP contribution in [-0.4, -0.2) is 57.6 Å². The number of piperazine rings is 1. The second-order valence-corrected chi connectivity index (χ2v) is 8.59. The lowest BCUT2D eigenvalue weighted by atomic mass is 10.0. The van der Waals surface area contributed by atoms with Crippen molar-refractivity contribution in [2.75, 3.05) is 39.8 Å². The third kappa shape index (κ3) is 6.91. The normalized spacial score (nSPS) is 19.5. The Bertz CT molecular complexity index is 877. The van der Waals surface area contributed by atoms with Crippen LogP contribution >= 0.6 is 0 Å². The first-order valence-corrected chi connectivity index (χ1v) is 11.1. The highest BCUT2D eigenvalue weighted by atomic mass is 16.5. The first-order chi connectivity index (χ1) is 14.9. The molecule has 1 atom stereocenters. The Morgan fingerprint density at radius 2 is 1.71 bits per heavy atom. The van der Waals surface area contributed by atoms with Gasteiger partial charge in [0.05, 0.1) is 13.2 Å². The monoisotopic (exact) mass is 425 g/mol. The summed E-state index contributed by atoms with van der Waals surface area (Å²) < 4.78 is 5.52. The minimum Gasteiger partial charge on any atom is -0.496 e. The number of carbonyl (C=O) groups excluding carboxylic acids is 2. The minimum absolute atomic E-state index is 0.00595. The van der Waals surface area contributed by atoms with E-state index in [1.165, 1.54) is 20.9 Å². The lowest BCUT2D eigenvalue weighted by Gasteiger charge is -2.30. The van der Waals surface area contributed by atoms with Crippen molar-refractivity contribution in [2.45, 2.75) is 32.9 Å². The van der Waals surface area contributed by atoms with Crippen molar-refractivity contribution >= 4 is 11.7 Å². The van der Waals surface area contributed by atoms with Crippen LogP contribution in [-0.2, 0) is 22.6 Å². The number of Topliss-reactive ketones (excluding diaryl/α,β-unsaturated/α-hetero) is 1. The summed E-state index contributed by atoms with van der Waals surface area (Å²) in [5.41, 5.74) is 3.54. The van der Waals surface area contributed by atoms with Gasteiger partial charge in [0.15, 0.2) is 12.3 Å². The predicted molar refractivity (Wildman–Crippen MR) is 120 cm³/mol. The molecule has 0 unspecified atom stereocenters. The maximum absolute atomic E-state index is 12.6. The van der Waals surface area contributed by atoms with E-state index in [1.54, 1.807) is 14.0 Å². The van der Waals surface area contributed by atoms with Crippen molar-refractivity contribution in [3.05, 3.63) is 65.2 Å². The standard InChI is InChI=1S/C25H33N3O3/c1-19-9-10-24(31-3)22(15-19)17-27-11-13-28(14-12-27)18-25(30)26-23(20(2)29)16-21-7-5-4-6-8-21/h4-10,15,23H,11-14,16-18H2,1-3H3,(H,26,30)/p+2/t23-/m0/s1. The van der Waals surface area contributed by atoms with E-state index < -0.39 is 6.04 Å². The Morgan fingerprint density at radius 1 is 1.03 bits per heavy atom. The molecule has 0 bridgehead atoms. The molecule has 1 fully saturated rings. The fourth-order valence-corrected chi connectivity index (χ4v) is 4.24. The quantitative estimate of drug-likeness (QED) is 0.513. The van der Waals surface area contributed by atoms with Crippen LogP contribution in [0.3, 0.4) is 0 Å². The van der Waals surface area contributed by atoms with Gasteiger partial charge in [-0.1, -0.05) is 42.0 Å². The lowest BCUT2D eigenvalue weighted by molar-refractivity contribution is -1.02. The van der Waals surface area contributed by atoms with Gasteiger partial charge in [-0.15, -0.1) is 0 Å². The highest BCUT2D eigenvalue weighted by Gasteiger charge is 2.27. The number of amides is 1. The number of hydrogen-bond donors (Lipinski definition) is 3. The third-order valence-electron chi connectivity index (χ3n) is 6.06. The molecule has 6 heteroatoms. The SMILES string of the molecule is COc1ccc(C)cc1C[NH+]1CC[NH+](CC(=O)N[C@@H](Cc2ccccc2)C(C)=O)CC1. The molecule has 0 aromatic heterocycles. The predicted octanol–water partition coefficient (Wildman–Crippen LogP) is -0.396. The summed E-state index contributed by atoms with van der Waals surface area (Å²) in [6.07, 6.45) is 0.535. The van der Waals surface area contributed by atoms with E-state index >= 15 is 0 Å². The maximum atomic E-state index is 12.6. The molecule has 1 heterocycles. The molecule has 3 N–H and O–H groups in total. The molecule has 2 aromatic rings. The van der Waals surface area contributed by atoms with Gasteiger partial charge in [-0.3, -0.25) is 9.59 Å². The zero-order valence-corrected chi connectivity index (χ0v) is 18.9. The van der Waals surface area contributed by atoms with Crippen molar-refractivity contribution < 1.29 is 24.1 Å². The van der Waals surface area contributed by atoms with Gasteiger partial charge >= 0.3 is 0 Å². The smallest absolute Gasteiger partial charge is 0.275 e. The Morgan fingerprint density at radius 3 is 2.35 bits per heavy atom. The van der Waals surface area contributed by atoms with Crippen molar-refractivity contribution in [1.82, 2.24) is 5.32 Å².